The van der Waals surface area contributed by atoms with Gasteiger partial charge in [-0.05, 0) is 24.4 Å². The Bertz CT molecular complexity index is 330. The van der Waals surface area contributed by atoms with Gasteiger partial charge < -0.3 is 10.1 Å². The number of carbonyl (C=O) groups excluding carboxylic acids is 1. The molecule has 1 rings (SSSR count). The standard InChI is InChI=1S/C11H15NO2S/c1-9(8-10-4-3-7-15-10)11(13)12-5-6-14-2/h3-4,7-8H,5-6H2,1-2H3,(H,12,13)/b9-8+. The van der Waals surface area contributed by atoms with Crippen molar-refractivity contribution in [3.8, 4) is 0 Å². The van der Waals surface area contributed by atoms with Crippen LogP contribution in [0, 0.1) is 0 Å². The third-order valence-electron chi connectivity index (χ3n) is 1.85. The molecule has 0 aliphatic rings. The number of rotatable bonds is 5. The summed E-state index contributed by atoms with van der Waals surface area (Å²) in [5, 5.41) is 4.76. The fraction of sp³-hybridized carbons (Fsp3) is 0.364. The molecule has 3 nitrogen and oxygen atoms in total. The van der Waals surface area contributed by atoms with Gasteiger partial charge in [-0.15, -0.1) is 11.3 Å². The lowest BCUT2D eigenvalue weighted by atomic mass is 10.2. The van der Waals surface area contributed by atoms with Crippen molar-refractivity contribution in [2.75, 3.05) is 20.3 Å². The first-order valence-electron chi connectivity index (χ1n) is 4.73. The summed E-state index contributed by atoms with van der Waals surface area (Å²) in [7, 11) is 1.61. The Morgan fingerprint density at radius 1 is 1.67 bits per heavy atom. The second-order valence-electron chi connectivity index (χ2n) is 3.09. The minimum atomic E-state index is -0.0412. The van der Waals surface area contributed by atoms with Gasteiger partial charge in [0.15, 0.2) is 0 Å². The maximum atomic E-state index is 11.5. The number of ether oxygens (including phenoxy) is 1. The maximum absolute atomic E-state index is 11.5. The van der Waals surface area contributed by atoms with E-state index < -0.39 is 0 Å². The third kappa shape index (κ3) is 4.27. The van der Waals surface area contributed by atoms with Gasteiger partial charge in [0.05, 0.1) is 6.61 Å². The fourth-order valence-corrected chi connectivity index (χ4v) is 1.77. The molecule has 0 aliphatic heterocycles. The lowest BCUT2D eigenvalue weighted by Gasteiger charge is -2.03. The van der Waals surface area contributed by atoms with Crippen molar-refractivity contribution in [2.45, 2.75) is 6.92 Å². The molecule has 1 N–H and O–H groups in total. The monoisotopic (exact) mass is 225 g/mol. The van der Waals surface area contributed by atoms with Crippen LogP contribution in [0.1, 0.15) is 11.8 Å². The zero-order valence-electron chi connectivity index (χ0n) is 8.95. The molecule has 0 saturated carbocycles. The highest BCUT2D eigenvalue weighted by Gasteiger charge is 2.02. The van der Waals surface area contributed by atoms with E-state index >= 15 is 0 Å². The van der Waals surface area contributed by atoms with E-state index in [2.05, 4.69) is 5.32 Å². The van der Waals surface area contributed by atoms with Crippen molar-refractivity contribution in [2.24, 2.45) is 0 Å². The van der Waals surface area contributed by atoms with E-state index in [0.717, 1.165) is 4.88 Å². The van der Waals surface area contributed by atoms with E-state index in [-0.39, 0.29) is 5.91 Å². The molecule has 0 saturated heterocycles. The summed E-state index contributed by atoms with van der Waals surface area (Å²) < 4.78 is 4.85. The number of hydrogen-bond donors (Lipinski definition) is 1. The van der Waals surface area contributed by atoms with Gasteiger partial charge in [0, 0.05) is 24.1 Å². The van der Waals surface area contributed by atoms with E-state index in [1.165, 1.54) is 0 Å². The number of methoxy groups -OCH3 is 1. The summed E-state index contributed by atoms with van der Waals surface area (Å²) in [4.78, 5) is 12.6. The van der Waals surface area contributed by atoms with E-state index in [4.69, 9.17) is 4.74 Å². The average molecular weight is 225 g/mol. The van der Waals surface area contributed by atoms with Crippen LogP contribution >= 0.6 is 11.3 Å². The van der Waals surface area contributed by atoms with Crippen LogP contribution in [-0.2, 0) is 9.53 Å². The van der Waals surface area contributed by atoms with Crippen molar-refractivity contribution in [3.05, 3.63) is 28.0 Å². The van der Waals surface area contributed by atoms with Gasteiger partial charge >= 0.3 is 0 Å². The summed E-state index contributed by atoms with van der Waals surface area (Å²) in [6, 6.07) is 3.95. The van der Waals surface area contributed by atoms with E-state index in [1.54, 1.807) is 18.4 Å². The molecule has 1 aromatic heterocycles. The lowest BCUT2D eigenvalue weighted by Crippen LogP contribution is -2.27. The van der Waals surface area contributed by atoms with Crippen LogP contribution in [0.3, 0.4) is 0 Å². The third-order valence-corrected chi connectivity index (χ3v) is 2.67. The van der Waals surface area contributed by atoms with Crippen LogP contribution in [0.5, 0.6) is 0 Å². The van der Waals surface area contributed by atoms with Gasteiger partial charge in [0.2, 0.25) is 5.91 Å². The smallest absolute Gasteiger partial charge is 0.247 e. The molecule has 1 amide bonds. The Kier molecular flexibility index (Phi) is 5.07. The Balaban J connectivity index is 2.45. The van der Waals surface area contributed by atoms with E-state index in [1.807, 2.05) is 30.5 Å². The molecule has 0 bridgehead atoms. The summed E-state index contributed by atoms with van der Waals surface area (Å²) in [6.07, 6.45) is 1.88. The van der Waals surface area contributed by atoms with Crippen LogP contribution in [0.25, 0.3) is 6.08 Å². The highest BCUT2D eigenvalue weighted by Crippen LogP contribution is 2.12. The molecular formula is C11H15NO2S. The maximum Gasteiger partial charge on any atom is 0.247 e. The zero-order valence-corrected chi connectivity index (χ0v) is 9.76. The molecule has 15 heavy (non-hydrogen) atoms. The predicted octanol–water partition coefficient (Wildman–Crippen LogP) is 1.91. The van der Waals surface area contributed by atoms with Crippen LogP contribution in [0.2, 0.25) is 0 Å². The lowest BCUT2D eigenvalue weighted by molar-refractivity contribution is -0.117. The molecule has 0 radical (unpaired) electrons. The zero-order chi connectivity index (χ0) is 11.1. The molecular weight excluding hydrogens is 210 g/mol. The van der Waals surface area contributed by atoms with Crippen molar-refractivity contribution in [1.82, 2.24) is 5.32 Å². The second kappa shape index (κ2) is 6.37. The second-order valence-corrected chi connectivity index (χ2v) is 4.07. The SMILES string of the molecule is COCCNC(=O)/C(C)=C/c1cccs1. The Hall–Kier alpha value is -1.13. The van der Waals surface area contributed by atoms with Gasteiger partial charge in [-0.1, -0.05) is 6.07 Å². The van der Waals surface area contributed by atoms with Gasteiger partial charge in [0.25, 0.3) is 0 Å². The molecule has 1 heterocycles. The highest BCUT2D eigenvalue weighted by atomic mass is 32.1. The number of hydrogen-bond acceptors (Lipinski definition) is 3. The first-order chi connectivity index (χ1) is 7.24. The first-order valence-corrected chi connectivity index (χ1v) is 5.61. The summed E-state index contributed by atoms with van der Waals surface area (Å²) >= 11 is 1.62. The Morgan fingerprint density at radius 2 is 2.47 bits per heavy atom. The summed E-state index contributed by atoms with van der Waals surface area (Å²) in [5.74, 6) is -0.0412. The summed E-state index contributed by atoms with van der Waals surface area (Å²) in [6.45, 7) is 2.89. The quantitative estimate of drug-likeness (QED) is 0.614. The molecule has 0 fully saturated rings. The molecule has 4 heteroatoms. The first kappa shape index (κ1) is 11.9. The molecule has 1 aromatic rings. The van der Waals surface area contributed by atoms with Crippen LogP contribution in [0.4, 0.5) is 0 Å². The van der Waals surface area contributed by atoms with E-state index in [0.29, 0.717) is 18.7 Å². The Morgan fingerprint density at radius 3 is 3.07 bits per heavy atom. The van der Waals surface area contributed by atoms with Gasteiger partial charge in [0.1, 0.15) is 0 Å². The number of carbonyl (C=O) groups is 1. The Labute approximate surface area is 93.8 Å². The van der Waals surface area contributed by atoms with Gasteiger partial charge in [-0.2, -0.15) is 0 Å². The molecule has 0 atom stereocenters. The largest absolute Gasteiger partial charge is 0.383 e. The van der Waals surface area contributed by atoms with Crippen molar-refractivity contribution in [3.63, 3.8) is 0 Å². The predicted molar refractivity (Wildman–Crippen MR) is 62.9 cm³/mol. The van der Waals surface area contributed by atoms with Gasteiger partial charge in [-0.3, -0.25) is 4.79 Å². The fourth-order valence-electron chi connectivity index (χ4n) is 1.06. The van der Waals surface area contributed by atoms with Gasteiger partial charge in [-0.25, -0.2) is 0 Å². The van der Waals surface area contributed by atoms with E-state index in [9.17, 15) is 4.79 Å². The topological polar surface area (TPSA) is 38.3 Å². The molecule has 0 unspecified atom stereocenters. The number of nitrogens with one attached hydrogen (secondary N) is 1. The summed E-state index contributed by atoms with van der Waals surface area (Å²) in [5.41, 5.74) is 0.716. The molecule has 0 spiro atoms. The van der Waals surface area contributed by atoms with Crippen molar-refractivity contribution >= 4 is 23.3 Å². The van der Waals surface area contributed by atoms with Crippen LogP contribution < -0.4 is 5.32 Å². The minimum Gasteiger partial charge on any atom is -0.383 e. The van der Waals surface area contributed by atoms with Crippen molar-refractivity contribution in [1.29, 1.82) is 0 Å². The van der Waals surface area contributed by atoms with Crippen LogP contribution in [-0.4, -0.2) is 26.2 Å². The minimum absolute atomic E-state index is 0.0412. The highest BCUT2D eigenvalue weighted by molar-refractivity contribution is 7.10. The number of amides is 1. The normalized spacial score (nSPS) is 11.5. The van der Waals surface area contributed by atoms with Crippen LogP contribution in [0.15, 0.2) is 23.1 Å². The molecule has 0 aromatic carbocycles. The number of thiophene rings is 1. The molecule has 0 aliphatic carbocycles. The van der Waals surface area contributed by atoms with Crippen molar-refractivity contribution < 1.29 is 9.53 Å². The average Bonchev–Trinajstić information content (AvgIpc) is 2.70. The molecule has 82 valence electrons.